The molecule has 1 aliphatic heterocycles. The van der Waals surface area contributed by atoms with Gasteiger partial charge in [0.15, 0.2) is 11.6 Å². The van der Waals surface area contributed by atoms with Gasteiger partial charge in [0.2, 0.25) is 5.95 Å². The van der Waals surface area contributed by atoms with Crippen molar-refractivity contribution in [3.63, 3.8) is 0 Å². The van der Waals surface area contributed by atoms with Gasteiger partial charge in [-0.25, -0.2) is 14.2 Å². The number of nitrogens with one attached hydrogen (secondary N) is 1. The number of methoxy groups -OCH3 is 1. The van der Waals surface area contributed by atoms with Crippen LogP contribution in [0.3, 0.4) is 0 Å². The third-order valence-corrected chi connectivity index (χ3v) is 4.97. The second-order valence-electron chi connectivity index (χ2n) is 6.87. The molecule has 0 bridgehead atoms. The first kappa shape index (κ1) is 19.6. The van der Waals surface area contributed by atoms with Crippen molar-refractivity contribution in [3.8, 4) is 5.75 Å². The molecule has 0 spiro atoms. The van der Waals surface area contributed by atoms with E-state index in [1.165, 1.54) is 18.1 Å². The van der Waals surface area contributed by atoms with E-state index in [1.807, 2.05) is 37.3 Å². The minimum absolute atomic E-state index is 0.168. The Morgan fingerprint density at radius 3 is 2.80 bits per heavy atom. The summed E-state index contributed by atoms with van der Waals surface area (Å²) in [6.07, 6.45) is 1.13. The summed E-state index contributed by atoms with van der Waals surface area (Å²) in [5.41, 5.74) is 1.77. The second kappa shape index (κ2) is 8.36. The van der Waals surface area contributed by atoms with E-state index in [0.29, 0.717) is 11.8 Å². The van der Waals surface area contributed by atoms with Gasteiger partial charge in [0.05, 0.1) is 13.2 Å². The first-order valence-corrected chi connectivity index (χ1v) is 9.51. The zero-order valence-corrected chi connectivity index (χ0v) is 16.6. The van der Waals surface area contributed by atoms with Gasteiger partial charge in [-0.1, -0.05) is 36.4 Å². The predicted octanol–water partition coefficient (Wildman–Crippen LogP) is 4.50. The van der Waals surface area contributed by atoms with Crippen molar-refractivity contribution >= 4 is 17.9 Å². The van der Waals surface area contributed by atoms with Gasteiger partial charge in [-0.15, -0.1) is 0 Å². The van der Waals surface area contributed by atoms with Crippen LogP contribution in [0.25, 0.3) is 0 Å². The summed E-state index contributed by atoms with van der Waals surface area (Å²) in [5, 5.41) is 3.18. The number of benzene rings is 2. The molecular weight excluding hydrogens is 387 g/mol. The molecule has 7 nitrogen and oxygen atoms in total. The average molecular weight is 408 g/mol. The summed E-state index contributed by atoms with van der Waals surface area (Å²) < 4.78 is 24.0. The van der Waals surface area contributed by atoms with Gasteiger partial charge < -0.3 is 14.8 Å². The molecule has 1 amide bonds. The molecule has 1 fully saturated rings. The first-order chi connectivity index (χ1) is 14.6. The zero-order chi connectivity index (χ0) is 21.1. The number of amides is 1. The predicted molar refractivity (Wildman–Crippen MR) is 110 cm³/mol. The minimum Gasteiger partial charge on any atom is -0.494 e. The molecule has 3 aromatic rings. The number of hydrogen-bond donors (Lipinski definition) is 1. The lowest BCUT2D eigenvalue weighted by Crippen LogP contribution is -2.28. The van der Waals surface area contributed by atoms with Crippen molar-refractivity contribution < 1.29 is 18.7 Å². The van der Waals surface area contributed by atoms with Gasteiger partial charge in [0, 0.05) is 6.20 Å². The topological polar surface area (TPSA) is 76.6 Å². The molecule has 2 atom stereocenters. The molecule has 0 radical (unpaired) electrons. The van der Waals surface area contributed by atoms with E-state index < -0.39 is 11.9 Å². The number of nitrogens with zero attached hydrogens (tertiary/aromatic N) is 3. The lowest BCUT2D eigenvalue weighted by molar-refractivity contribution is 0.179. The SMILES string of the molecule is COc1cc([C@H](C)Nc2nccc(N3C(=O)OC[C@H]3c3ccccc3)n2)ccc1F. The van der Waals surface area contributed by atoms with Crippen LogP contribution in [0.5, 0.6) is 5.75 Å². The number of carbonyl (C=O) groups excluding carboxylic acids is 1. The van der Waals surface area contributed by atoms with Gasteiger partial charge >= 0.3 is 6.09 Å². The number of anilines is 2. The summed E-state index contributed by atoms with van der Waals surface area (Å²) in [6.45, 7) is 2.15. The molecular formula is C22H21FN4O3. The van der Waals surface area contributed by atoms with Gasteiger partial charge in [-0.2, -0.15) is 4.98 Å². The Bertz CT molecular complexity index is 1050. The van der Waals surface area contributed by atoms with Crippen molar-refractivity contribution in [1.82, 2.24) is 9.97 Å². The third-order valence-electron chi connectivity index (χ3n) is 4.97. The quantitative estimate of drug-likeness (QED) is 0.647. The average Bonchev–Trinajstić information content (AvgIpc) is 3.16. The van der Waals surface area contributed by atoms with E-state index in [4.69, 9.17) is 9.47 Å². The van der Waals surface area contributed by atoms with E-state index in [1.54, 1.807) is 24.4 Å². The number of carbonyl (C=O) groups is 1. The number of ether oxygens (including phenoxy) is 2. The highest BCUT2D eigenvalue weighted by atomic mass is 19.1. The maximum atomic E-state index is 13.7. The highest BCUT2D eigenvalue weighted by Crippen LogP contribution is 2.32. The van der Waals surface area contributed by atoms with Crippen molar-refractivity contribution in [1.29, 1.82) is 0 Å². The van der Waals surface area contributed by atoms with Crippen LogP contribution in [0, 0.1) is 5.82 Å². The monoisotopic (exact) mass is 408 g/mol. The highest BCUT2D eigenvalue weighted by Gasteiger charge is 2.36. The Morgan fingerprint density at radius 1 is 1.23 bits per heavy atom. The third kappa shape index (κ3) is 3.89. The van der Waals surface area contributed by atoms with Crippen LogP contribution in [0.4, 0.5) is 21.0 Å². The number of rotatable bonds is 6. The first-order valence-electron chi connectivity index (χ1n) is 9.51. The lowest BCUT2D eigenvalue weighted by Gasteiger charge is -2.21. The molecule has 4 rings (SSSR count). The maximum Gasteiger partial charge on any atom is 0.416 e. The molecule has 0 saturated carbocycles. The number of aromatic nitrogens is 2. The van der Waals surface area contributed by atoms with E-state index in [0.717, 1.165) is 11.1 Å². The Kier molecular flexibility index (Phi) is 5.47. The Morgan fingerprint density at radius 2 is 2.03 bits per heavy atom. The normalized spacial score (nSPS) is 16.8. The molecule has 1 aliphatic rings. The molecule has 30 heavy (non-hydrogen) atoms. The second-order valence-corrected chi connectivity index (χ2v) is 6.87. The fourth-order valence-corrected chi connectivity index (χ4v) is 3.37. The van der Waals surface area contributed by atoms with Crippen LogP contribution in [0.2, 0.25) is 0 Å². The summed E-state index contributed by atoms with van der Waals surface area (Å²) >= 11 is 0. The molecule has 8 heteroatoms. The van der Waals surface area contributed by atoms with E-state index in [2.05, 4.69) is 15.3 Å². The Labute approximate surface area is 173 Å². The van der Waals surface area contributed by atoms with Crippen LogP contribution < -0.4 is 15.0 Å². The summed E-state index contributed by atoms with van der Waals surface area (Å²) in [6, 6.07) is 15.5. The van der Waals surface area contributed by atoms with Crippen LogP contribution in [0.1, 0.15) is 30.1 Å². The number of hydrogen-bond acceptors (Lipinski definition) is 6. The molecule has 1 aromatic heterocycles. The van der Waals surface area contributed by atoms with Crippen molar-refractivity contribution in [2.24, 2.45) is 0 Å². The van der Waals surface area contributed by atoms with Gasteiger partial charge in [-0.05, 0) is 36.2 Å². The molecule has 1 N–H and O–H groups in total. The summed E-state index contributed by atoms with van der Waals surface area (Å²) in [5.74, 6) is 0.523. The van der Waals surface area contributed by atoms with Crippen LogP contribution >= 0.6 is 0 Å². The van der Waals surface area contributed by atoms with Crippen LogP contribution in [-0.2, 0) is 4.74 Å². The molecule has 1 saturated heterocycles. The number of cyclic esters (lactones) is 1. The van der Waals surface area contributed by atoms with Crippen LogP contribution in [0.15, 0.2) is 60.8 Å². The Hall–Kier alpha value is -3.68. The van der Waals surface area contributed by atoms with Gasteiger partial charge in [-0.3, -0.25) is 4.90 Å². The van der Waals surface area contributed by atoms with E-state index in [9.17, 15) is 9.18 Å². The Balaban J connectivity index is 1.57. The standard InChI is InChI=1S/C22H21FN4O3/c1-14(16-8-9-17(23)19(12-16)29-2)25-21-24-11-10-20(26-21)27-18(13-30-22(27)28)15-6-4-3-5-7-15/h3-12,14,18H,13H2,1-2H3,(H,24,25,26)/t14-,18-/m0/s1. The smallest absolute Gasteiger partial charge is 0.416 e. The van der Waals surface area contributed by atoms with Gasteiger partial charge in [0.1, 0.15) is 18.5 Å². The molecule has 0 unspecified atom stereocenters. The van der Waals surface area contributed by atoms with Gasteiger partial charge in [0.25, 0.3) is 0 Å². The van der Waals surface area contributed by atoms with Crippen molar-refractivity contribution in [2.75, 3.05) is 23.9 Å². The summed E-state index contributed by atoms with van der Waals surface area (Å²) in [7, 11) is 1.42. The fraction of sp³-hybridized carbons (Fsp3) is 0.227. The van der Waals surface area contributed by atoms with Crippen molar-refractivity contribution in [3.05, 3.63) is 77.7 Å². The molecule has 2 heterocycles. The van der Waals surface area contributed by atoms with Crippen molar-refractivity contribution in [2.45, 2.75) is 19.0 Å². The number of halogens is 1. The molecule has 2 aromatic carbocycles. The highest BCUT2D eigenvalue weighted by molar-refractivity contribution is 5.89. The maximum absolute atomic E-state index is 13.7. The van der Waals surface area contributed by atoms with E-state index >= 15 is 0 Å². The lowest BCUT2D eigenvalue weighted by atomic mass is 10.1. The largest absolute Gasteiger partial charge is 0.494 e. The van der Waals surface area contributed by atoms with Crippen LogP contribution in [-0.4, -0.2) is 29.8 Å². The minimum atomic E-state index is -0.454. The molecule has 0 aliphatic carbocycles. The van der Waals surface area contributed by atoms with E-state index in [-0.39, 0.29) is 24.4 Å². The zero-order valence-electron chi connectivity index (χ0n) is 16.6. The summed E-state index contributed by atoms with van der Waals surface area (Å²) in [4.78, 5) is 22.7. The molecule has 154 valence electrons. The fourth-order valence-electron chi connectivity index (χ4n) is 3.37.